The van der Waals surface area contributed by atoms with Crippen molar-refractivity contribution in [1.29, 1.82) is 0 Å². The summed E-state index contributed by atoms with van der Waals surface area (Å²) in [5.74, 6) is -0.0708. The fraction of sp³-hybridized carbons (Fsp3) is 0.190. The van der Waals surface area contributed by atoms with Crippen molar-refractivity contribution in [2.75, 3.05) is 5.32 Å². The van der Waals surface area contributed by atoms with Gasteiger partial charge in [0.2, 0.25) is 0 Å². The SMILES string of the molecule is CC(C)(C)c1ccccc1NC(=O)c1cccc2ccccc12. The van der Waals surface area contributed by atoms with Crippen LogP contribution < -0.4 is 5.32 Å². The molecule has 0 aliphatic heterocycles. The van der Waals surface area contributed by atoms with Gasteiger partial charge in [-0.25, -0.2) is 0 Å². The number of para-hydroxylation sites is 1. The van der Waals surface area contributed by atoms with Gasteiger partial charge in [0.15, 0.2) is 0 Å². The zero-order chi connectivity index (χ0) is 16.4. The summed E-state index contributed by atoms with van der Waals surface area (Å²) < 4.78 is 0. The second-order valence-corrected chi connectivity index (χ2v) is 6.78. The Bertz CT molecular complexity index is 854. The van der Waals surface area contributed by atoms with E-state index < -0.39 is 0 Å². The number of fused-ring (bicyclic) bond motifs is 1. The third-order valence-corrected chi connectivity index (χ3v) is 4.02. The van der Waals surface area contributed by atoms with Crippen LogP contribution >= 0.6 is 0 Å². The molecule has 1 amide bonds. The Morgan fingerprint density at radius 3 is 2.26 bits per heavy atom. The molecule has 0 unspecified atom stereocenters. The Morgan fingerprint density at radius 2 is 1.48 bits per heavy atom. The van der Waals surface area contributed by atoms with E-state index in [-0.39, 0.29) is 11.3 Å². The van der Waals surface area contributed by atoms with Gasteiger partial charge >= 0.3 is 0 Å². The molecular weight excluding hydrogens is 282 g/mol. The van der Waals surface area contributed by atoms with Gasteiger partial charge in [0.1, 0.15) is 0 Å². The molecule has 0 aliphatic rings. The lowest BCUT2D eigenvalue weighted by molar-refractivity contribution is 0.102. The van der Waals surface area contributed by atoms with Crippen LogP contribution in [0.15, 0.2) is 66.7 Å². The fourth-order valence-corrected chi connectivity index (χ4v) is 2.86. The highest BCUT2D eigenvalue weighted by atomic mass is 16.1. The van der Waals surface area contributed by atoms with Gasteiger partial charge in [-0.1, -0.05) is 75.4 Å². The van der Waals surface area contributed by atoms with Crippen LogP contribution in [0.3, 0.4) is 0 Å². The third kappa shape index (κ3) is 3.11. The molecule has 0 bridgehead atoms. The predicted molar refractivity (Wildman–Crippen MR) is 97.0 cm³/mol. The minimum Gasteiger partial charge on any atom is -0.322 e. The predicted octanol–water partition coefficient (Wildman–Crippen LogP) is 5.39. The van der Waals surface area contributed by atoms with Gasteiger partial charge in [-0.05, 0) is 33.9 Å². The van der Waals surface area contributed by atoms with E-state index in [2.05, 4.69) is 32.2 Å². The minimum absolute atomic E-state index is 0.0252. The number of rotatable bonds is 2. The number of amides is 1. The smallest absolute Gasteiger partial charge is 0.256 e. The molecule has 0 fully saturated rings. The van der Waals surface area contributed by atoms with Gasteiger partial charge in [0, 0.05) is 11.3 Å². The van der Waals surface area contributed by atoms with E-state index in [0.29, 0.717) is 5.56 Å². The van der Waals surface area contributed by atoms with Crippen LogP contribution in [0, 0.1) is 0 Å². The monoisotopic (exact) mass is 303 g/mol. The molecule has 116 valence electrons. The summed E-state index contributed by atoms with van der Waals surface area (Å²) in [5, 5.41) is 5.13. The van der Waals surface area contributed by atoms with Crippen molar-refractivity contribution in [2.45, 2.75) is 26.2 Å². The molecule has 2 heteroatoms. The zero-order valence-electron chi connectivity index (χ0n) is 13.8. The van der Waals surface area contributed by atoms with E-state index in [1.807, 2.05) is 60.7 Å². The van der Waals surface area contributed by atoms with Gasteiger partial charge < -0.3 is 5.32 Å². The molecule has 0 atom stereocenters. The molecule has 3 aromatic rings. The fourth-order valence-electron chi connectivity index (χ4n) is 2.86. The molecule has 1 N–H and O–H groups in total. The summed E-state index contributed by atoms with van der Waals surface area (Å²) in [6, 6.07) is 21.8. The average molecular weight is 303 g/mol. The third-order valence-electron chi connectivity index (χ3n) is 4.02. The molecule has 0 saturated heterocycles. The molecule has 0 heterocycles. The zero-order valence-corrected chi connectivity index (χ0v) is 13.8. The van der Waals surface area contributed by atoms with E-state index in [4.69, 9.17) is 0 Å². The van der Waals surface area contributed by atoms with Crippen molar-refractivity contribution in [1.82, 2.24) is 0 Å². The van der Waals surface area contributed by atoms with E-state index in [9.17, 15) is 4.79 Å². The number of anilines is 1. The van der Waals surface area contributed by atoms with Crippen molar-refractivity contribution < 1.29 is 4.79 Å². The van der Waals surface area contributed by atoms with Crippen molar-refractivity contribution in [3.8, 4) is 0 Å². The maximum absolute atomic E-state index is 12.8. The molecule has 0 aromatic heterocycles. The van der Waals surface area contributed by atoms with E-state index in [0.717, 1.165) is 22.0 Å². The lowest BCUT2D eigenvalue weighted by Crippen LogP contribution is -2.18. The van der Waals surface area contributed by atoms with E-state index >= 15 is 0 Å². The van der Waals surface area contributed by atoms with Crippen LogP contribution in [0.5, 0.6) is 0 Å². The molecule has 23 heavy (non-hydrogen) atoms. The first-order chi connectivity index (χ1) is 11.0. The van der Waals surface area contributed by atoms with Gasteiger partial charge in [0.05, 0.1) is 0 Å². The quantitative estimate of drug-likeness (QED) is 0.675. The van der Waals surface area contributed by atoms with Crippen LogP contribution in [0.4, 0.5) is 5.69 Å². The maximum Gasteiger partial charge on any atom is 0.256 e. The van der Waals surface area contributed by atoms with Gasteiger partial charge in [0.25, 0.3) is 5.91 Å². The van der Waals surface area contributed by atoms with Gasteiger partial charge in [-0.15, -0.1) is 0 Å². The Kier molecular flexibility index (Phi) is 3.91. The molecule has 0 saturated carbocycles. The molecule has 2 nitrogen and oxygen atoms in total. The molecule has 3 rings (SSSR count). The second-order valence-electron chi connectivity index (χ2n) is 6.78. The largest absolute Gasteiger partial charge is 0.322 e. The van der Waals surface area contributed by atoms with Crippen molar-refractivity contribution >= 4 is 22.4 Å². The molecule has 0 aliphatic carbocycles. The highest BCUT2D eigenvalue weighted by molar-refractivity contribution is 6.13. The topological polar surface area (TPSA) is 29.1 Å². The number of carbonyl (C=O) groups is 1. The summed E-state index contributed by atoms with van der Waals surface area (Å²) in [5.41, 5.74) is 2.68. The summed E-state index contributed by atoms with van der Waals surface area (Å²) in [7, 11) is 0. The Balaban J connectivity index is 2.00. The second kappa shape index (κ2) is 5.88. The number of hydrogen-bond acceptors (Lipinski definition) is 1. The highest BCUT2D eigenvalue weighted by Crippen LogP contribution is 2.30. The van der Waals surface area contributed by atoms with Gasteiger partial charge in [-0.2, -0.15) is 0 Å². The van der Waals surface area contributed by atoms with Crippen LogP contribution in [0.1, 0.15) is 36.7 Å². The molecule has 0 radical (unpaired) electrons. The summed E-state index contributed by atoms with van der Waals surface area (Å²) in [4.78, 5) is 12.8. The standard InChI is InChI=1S/C21H21NO/c1-21(2,3)18-13-6-7-14-19(18)22-20(23)17-12-8-10-15-9-4-5-11-16(15)17/h4-14H,1-3H3,(H,22,23). The summed E-state index contributed by atoms with van der Waals surface area (Å²) in [6.45, 7) is 6.45. The normalized spacial score (nSPS) is 11.4. The maximum atomic E-state index is 12.8. The van der Waals surface area contributed by atoms with E-state index in [1.54, 1.807) is 0 Å². The first-order valence-electron chi connectivity index (χ1n) is 7.85. The van der Waals surface area contributed by atoms with Crippen molar-refractivity contribution in [2.24, 2.45) is 0 Å². The number of nitrogens with one attached hydrogen (secondary N) is 1. The lowest BCUT2D eigenvalue weighted by atomic mass is 9.86. The Labute approximate surface area is 137 Å². The first-order valence-corrected chi connectivity index (χ1v) is 7.85. The Hall–Kier alpha value is -2.61. The average Bonchev–Trinajstić information content (AvgIpc) is 2.54. The first kappa shape index (κ1) is 15.3. The summed E-state index contributed by atoms with van der Waals surface area (Å²) in [6.07, 6.45) is 0. The number of carbonyl (C=O) groups excluding carboxylic acids is 1. The van der Waals surface area contributed by atoms with Crippen molar-refractivity contribution in [3.63, 3.8) is 0 Å². The van der Waals surface area contributed by atoms with Crippen LogP contribution in [0.25, 0.3) is 10.8 Å². The molecule has 0 spiro atoms. The van der Waals surface area contributed by atoms with Gasteiger partial charge in [-0.3, -0.25) is 4.79 Å². The highest BCUT2D eigenvalue weighted by Gasteiger charge is 2.19. The lowest BCUT2D eigenvalue weighted by Gasteiger charge is -2.23. The number of hydrogen-bond donors (Lipinski definition) is 1. The van der Waals surface area contributed by atoms with Crippen LogP contribution in [-0.4, -0.2) is 5.91 Å². The van der Waals surface area contributed by atoms with Crippen LogP contribution in [0.2, 0.25) is 0 Å². The Morgan fingerprint density at radius 1 is 0.826 bits per heavy atom. The van der Waals surface area contributed by atoms with Crippen molar-refractivity contribution in [3.05, 3.63) is 77.9 Å². The van der Waals surface area contributed by atoms with Crippen LogP contribution in [-0.2, 0) is 5.41 Å². The molecule has 3 aromatic carbocycles. The minimum atomic E-state index is -0.0708. The van der Waals surface area contributed by atoms with E-state index in [1.165, 1.54) is 0 Å². The number of benzene rings is 3. The molecular formula is C21H21NO. The summed E-state index contributed by atoms with van der Waals surface area (Å²) >= 11 is 0.